The van der Waals surface area contributed by atoms with Gasteiger partial charge in [-0.1, -0.05) is 36.4 Å². The molecule has 0 fully saturated rings. The van der Waals surface area contributed by atoms with Crippen LogP contribution in [-0.2, 0) is 11.2 Å². The highest BCUT2D eigenvalue weighted by atomic mass is 16.3. The number of hydrogen-bond donors (Lipinski definition) is 1. The van der Waals surface area contributed by atoms with Gasteiger partial charge in [0.05, 0.1) is 19.2 Å². The first-order valence-electron chi connectivity index (χ1n) is 7.63. The standard InChI is InChI=1S/C18H24N2O2/c1-3-10-19(11-4-2)18(22)13-20-12-9-15-7-5-6-8-16(15)17(20)14-21/h3-8,17,21H,1-2,9-14H2. The third kappa shape index (κ3) is 3.64. The van der Waals surface area contributed by atoms with E-state index in [9.17, 15) is 9.90 Å². The van der Waals surface area contributed by atoms with Gasteiger partial charge in [-0.25, -0.2) is 0 Å². The molecule has 0 bridgehead atoms. The third-order valence-corrected chi connectivity index (χ3v) is 4.09. The Kier molecular flexibility index (Phi) is 5.92. The van der Waals surface area contributed by atoms with Gasteiger partial charge in [-0.3, -0.25) is 9.69 Å². The monoisotopic (exact) mass is 300 g/mol. The number of amides is 1. The molecule has 1 aromatic carbocycles. The molecule has 1 N–H and O–H groups in total. The lowest BCUT2D eigenvalue weighted by Crippen LogP contribution is -2.45. The number of aliphatic hydroxyl groups excluding tert-OH is 1. The van der Waals surface area contributed by atoms with Gasteiger partial charge in [-0.05, 0) is 17.5 Å². The van der Waals surface area contributed by atoms with E-state index in [0.29, 0.717) is 19.6 Å². The highest BCUT2D eigenvalue weighted by Crippen LogP contribution is 2.29. The fourth-order valence-electron chi connectivity index (χ4n) is 2.97. The summed E-state index contributed by atoms with van der Waals surface area (Å²) in [5.41, 5.74) is 2.39. The molecule has 0 radical (unpaired) electrons. The lowest BCUT2D eigenvalue weighted by molar-refractivity contribution is -0.132. The molecule has 0 aliphatic carbocycles. The molecule has 1 amide bonds. The first kappa shape index (κ1) is 16.5. The van der Waals surface area contributed by atoms with Crippen LogP contribution >= 0.6 is 0 Å². The second-order valence-corrected chi connectivity index (χ2v) is 5.49. The number of nitrogens with zero attached hydrogens (tertiary/aromatic N) is 2. The summed E-state index contributed by atoms with van der Waals surface area (Å²) in [5.74, 6) is 0.0395. The Hall–Kier alpha value is -1.91. The lowest BCUT2D eigenvalue weighted by atomic mass is 9.93. The van der Waals surface area contributed by atoms with E-state index in [1.54, 1.807) is 17.1 Å². The fourth-order valence-corrected chi connectivity index (χ4v) is 2.97. The highest BCUT2D eigenvalue weighted by Gasteiger charge is 2.28. The van der Waals surface area contributed by atoms with Crippen molar-refractivity contribution in [2.24, 2.45) is 0 Å². The average Bonchev–Trinajstić information content (AvgIpc) is 2.54. The van der Waals surface area contributed by atoms with Crippen LogP contribution in [0.1, 0.15) is 17.2 Å². The number of fused-ring (bicyclic) bond motifs is 1. The summed E-state index contributed by atoms with van der Waals surface area (Å²) in [6, 6.07) is 8.03. The lowest BCUT2D eigenvalue weighted by Gasteiger charge is -2.36. The minimum Gasteiger partial charge on any atom is -0.394 e. The van der Waals surface area contributed by atoms with Crippen LogP contribution in [0.4, 0.5) is 0 Å². The van der Waals surface area contributed by atoms with Crippen molar-refractivity contribution in [2.75, 3.05) is 32.8 Å². The van der Waals surface area contributed by atoms with Gasteiger partial charge in [0.1, 0.15) is 0 Å². The quantitative estimate of drug-likeness (QED) is 0.781. The Morgan fingerprint density at radius 1 is 1.32 bits per heavy atom. The topological polar surface area (TPSA) is 43.8 Å². The Morgan fingerprint density at radius 3 is 2.64 bits per heavy atom. The summed E-state index contributed by atoms with van der Waals surface area (Å²) in [7, 11) is 0. The van der Waals surface area contributed by atoms with Gasteiger partial charge in [-0.15, -0.1) is 13.2 Å². The van der Waals surface area contributed by atoms with Crippen LogP contribution in [0.15, 0.2) is 49.6 Å². The smallest absolute Gasteiger partial charge is 0.237 e. The summed E-state index contributed by atoms with van der Waals surface area (Å²) in [6.07, 6.45) is 4.34. The minimum absolute atomic E-state index is 0.0210. The van der Waals surface area contributed by atoms with Gasteiger partial charge in [0, 0.05) is 19.6 Å². The van der Waals surface area contributed by atoms with Crippen LogP contribution in [-0.4, -0.2) is 53.6 Å². The zero-order valence-corrected chi connectivity index (χ0v) is 12.9. The van der Waals surface area contributed by atoms with Crippen molar-refractivity contribution in [1.82, 2.24) is 9.80 Å². The molecule has 1 atom stereocenters. The first-order valence-corrected chi connectivity index (χ1v) is 7.63. The first-order chi connectivity index (χ1) is 10.7. The summed E-state index contributed by atoms with van der Waals surface area (Å²) in [5, 5.41) is 9.77. The van der Waals surface area contributed by atoms with E-state index in [0.717, 1.165) is 18.5 Å². The molecule has 1 unspecified atom stereocenters. The van der Waals surface area contributed by atoms with Crippen LogP contribution in [0.25, 0.3) is 0 Å². The van der Waals surface area contributed by atoms with Crippen LogP contribution in [0, 0.1) is 0 Å². The van der Waals surface area contributed by atoms with Gasteiger partial charge < -0.3 is 10.0 Å². The molecule has 1 aromatic rings. The molecular formula is C18H24N2O2. The Balaban J connectivity index is 2.10. The fraction of sp³-hybridized carbons (Fsp3) is 0.389. The molecule has 1 heterocycles. The van der Waals surface area contributed by atoms with E-state index in [1.165, 1.54) is 5.56 Å². The van der Waals surface area contributed by atoms with Crippen LogP contribution < -0.4 is 0 Å². The van der Waals surface area contributed by atoms with Gasteiger partial charge in [0.25, 0.3) is 0 Å². The Bertz CT molecular complexity index is 532. The van der Waals surface area contributed by atoms with E-state index < -0.39 is 0 Å². The molecule has 0 aromatic heterocycles. The predicted molar refractivity (Wildman–Crippen MR) is 88.5 cm³/mol. The second-order valence-electron chi connectivity index (χ2n) is 5.49. The van der Waals surface area contributed by atoms with E-state index in [-0.39, 0.29) is 18.6 Å². The predicted octanol–water partition coefficient (Wildman–Crippen LogP) is 1.78. The molecule has 0 saturated heterocycles. The molecule has 1 aliphatic heterocycles. The number of rotatable bonds is 7. The molecular weight excluding hydrogens is 276 g/mol. The zero-order chi connectivity index (χ0) is 15.9. The zero-order valence-electron chi connectivity index (χ0n) is 12.9. The average molecular weight is 300 g/mol. The van der Waals surface area contributed by atoms with Crippen molar-refractivity contribution < 1.29 is 9.90 Å². The number of carbonyl (C=O) groups is 1. The van der Waals surface area contributed by atoms with E-state index in [2.05, 4.69) is 24.1 Å². The molecule has 22 heavy (non-hydrogen) atoms. The number of hydrogen-bond acceptors (Lipinski definition) is 3. The second kappa shape index (κ2) is 7.92. The molecule has 4 nitrogen and oxygen atoms in total. The molecule has 0 spiro atoms. The van der Waals surface area contributed by atoms with Crippen molar-refractivity contribution in [2.45, 2.75) is 12.5 Å². The minimum atomic E-state index is -0.108. The largest absolute Gasteiger partial charge is 0.394 e. The molecule has 1 aliphatic rings. The number of carbonyl (C=O) groups excluding carboxylic acids is 1. The van der Waals surface area contributed by atoms with Crippen LogP contribution in [0.5, 0.6) is 0 Å². The van der Waals surface area contributed by atoms with Gasteiger partial charge >= 0.3 is 0 Å². The van der Waals surface area contributed by atoms with Gasteiger partial charge in [-0.2, -0.15) is 0 Å². The maximum absolute atomic E-state index is 12.5. The van der Waals surface area contributed by atoms with Crippen molar-refractivity contribution in [3.8, 4) is 0 Å². The van der Waals surface area contributed by atoms with E-state index >= 15 is 0 Å². The maximum atomic E-state index is 12.5. The van der Waals surface area contributed by atoms with Crippen molar-refractivity contribution in [3.05, 3.63) is 60.7 Å². The maximum Gasteiger partial charge on any atom is 0.237 e. The molecule has 118 valence electrons. The normalized spacial score (nSPS) is 17.6. The number of aliphatic hydroxyl groups is 1. The van der Waals surface area contributed by atoms with Crippen molar-refractivity contribution in [1.29, 1.82) is 0 Å². The van der Waals surface area contributed by atoms with E-state index in [1.807, 2.05) is 18.2 Å². The van der Waals surface area contributed by atoms with Crippen molar-refractivity contribution >= 4 is 5.91 Å². The van der Waals surface area contributed by atoms with Gasteiger partial charge in [0.2, 0.25) is 5.91 Å². The van der Waals surface area contributed by atoms with Crippen molar-refractivity contribution in [3.63, 3.8) is 0 Å². The molecule has 2 rings (SSSR count). The van der Waals surface area contributed by atoms with Crippen LogP contribution in [0.2, 0.25) is 0 Å². The summed E-state index contributed by atoms with van der Waals surface area (Å²) < 4.78 is 0. The molecule has 4 heteroatoms. The van der Waals surface area contributed by atoms with E-state index in [4.69, 9.17) is 0 Å². The highest BCUT2D eigenvalue weighted by molar-refractivity contribution is 5.78. The number of benzene rings is 1. The summed E-state index contributed by atoms with van der Waals surface area (Å²) in [4.78, 5) is 16.2. The molecule has 0 saturated carbocycles. The SMILES string of the molecule is C=CCN(CC=C)C(=O)CN1CCc2ccccc2C1CO. The third-order valence-electron chi connectivity index (χ3n) is 4.09. The Labute approximate surface area is 132 Å². The Morgan fingerprint density at radius 2 is 2.00 bits per heavy atom. The van der Waals surface area contributed by atoms with Crippen LogP contribution in [0.3, 0.4) is 0 Å². The van der Waals surface area contributed by atoms with Gasteiger partial charge in [0.15, 0.2) is 0 Å². The summed E-state index contributed by atoms with van der Waals surface area (Å²) >= 11 is 0. The summed E-state index contributed by atoms with van der Waals surface area (Å²) in [6.45, 7) is 9.52.